The highest BCUT2D eigenvalue weighted by Gasteiger charge is 2.26. The monoisotopic (exact) mass is 124 g/mol. The Bertz CT molecular complexity index is 141. The van der Waals surface area contributed by atoms with E-state index in [0.29, 0.717) is 6.10 Å². The normalized spacial score (nSPS) is 40.8. The molecule has 0 aromatic heterocycles. The Morgan fingerprint density at radius 1 is 1.56 bits per heavy atom. The molecule has 1 fully saturated rings. The highest BCUT2D eigenvalue weighted by Crippen LogP contribution is 2.31. The molecule has 50 valence electrons. The molecule has 1 saturated heterocycles. The topological polar surface area (TPSA) is 9.23 Å². The minimum Gasteiger partial charge on any atom is -0.374 e. The Morgan fingerprint density at radius 2 is 2.44 bits per heavy atom. The number of ether oxygens (including phenoxy) is 1. The van der Waals surface area contributed by atoms with Gasteiger partial charge in [-0.3, -0.25) is 0 Å². The molecule has 2 bridgehead atoms. The third-order valence-corrected chi connectivity index (χ3v) is 2.40. The molecule has 2 atom stereocenters. The minimum absolute atomic E-state index is 0.468. The van der Waals surface area contributed by atoms with E-state index in [1.807, 2.05) is 0 Å². The third-order valence-electron chi connectivity index (χ3n) is 2.40. The van der Waals surface area contributed by atoms with Crippen LogP contribution in [0.15, 0.2) is 11.6 Å². The molecule has 1 aliphatic carbocycles. The van der Waals surface area contributed by atoms with Crippen molar-refractivity contribution in [1.29, 1.82) is 0 Å². The summed E-state index contributed by atoms with van der Waals surface area (Å²) in [6, 6.07) is 0. The van der Waals surface area contributed by atoms with Crippen LogP contribution in [0, 0.1) is 5.92 Å². The Hall–Kier alpha value is -0.300. The van der Waals surface area contributed by atoms with E-state index >= 15 is 0 Å². The van der Waals surface area contributed by atoms with Crippen molar-refractivity contribution in [3.05, 3.63) is 11.6 Å². The van der Waals surface area contributed by atoms with Gasteiger partial charge in [0.2, 0.25) is 0 Å². The van der Waals surface area contributed by atoms with E-state index in [0.717, 1.165) is 12.5 Å². The molecule has 0 amide bonds. The van der Waals surface area contributed by atoms with Crippen molar-refractivity contribution in [2.75, 3.05) is 6.61 Å². The van der Waals surface area contributed by atoms with E-state index in [-0.39, 0.29) is 0 Å². The highest BCUT2D eigenvalue weighted by atomic mass is 16.5. The summed E-state index contributed by atoms with van der Waals surface area (Å²) in [5.41, 5.74) is 1.55. The maximum absolute atomic E-state index is 5.47. The number of fused-ring (bicyclic) bond motifs is 2. The average molecular weight is 124 g/mol. The summed E-state index contributed by atoms with van der Waals surface area (Å²) in [5, 5.41) is 0. The Balaban J connectivity index is 2.25. The number of rotatable bonds is 0. The summed E-state index contributed by atoms with van der Waals surface area (Å²) in [4.78, 5) is 0. The fourth-order valence-corrected chi connectivity index (χ4v) is 1.69. The lowest BCUT2D eigenvalue weighted by molar-refractivity contribution is 0.00630. The van der Waals surface area contributed by atoms with Crippen LogP contribution >= 0.6 is 0 Å². The molecule has 1 heteroatoms. The molecule has 0 N–H and O–H groups in total. The Kier molecular flexibility index (Phi) is 1.12. The fraction of sp³-hybridized carbons (Fsp3) is 0.750. The van der Waals surface area contributed by atoms with Crippen LogP contribution in [0.25, 0.3) is 0 Å². The third kappa shape index (κ3) is 0.799. The maximum atomic E-state index is 5.47. The van der Waals surface area contributed by atoms with E-state index in [9.17, 15) is 0 Å². The van der Waals surface area contributed by atoms with Crippen molar-refractivity contribution < 1.29 is 4.74 Å². The molecule has 3 rings (SSSR count). The zero-order valence-corrected chi connectivity index (χ0v) is 5.76. The van der Waals surface area contributed by atoms with Gasteiger partial charge in [-0.15, -0.1) is 0 Å². The van der Waals surface area contributed by atoms with Gasteiger partial charge in [0, 0.05) is 5.92 Å². The highest BCUT2D eigenvalue weighted by molar-refractivity contribution is 5.13. The lowest BCUT2D eigenvalue weighted by Gasteiger charge is -2.34. The van der Waals surface area contributed by atoms with Crippen molar-refractivity contribution in [2.45, 2.75) is 25.9 Å². The summed E-state index contributed by atoms with van der Waals surface area (Å²) in [6.45, 7) is 3.20. The van der Waals surface area contributed by atoms with Gasteiger partial charge in [0.15, 0.2) is 0 Å². The van der Waals surface area contributed by atoms with Gasteiger partial charge in [-0.25, -0.2) is 0 Å². The van der Waals surface area contributed by atoms with Gasteiger partial charge in [0.05, 0.1) is 12.7 Å². The standard InChI is InChI=1S/C8H12O/c1-6-4-8-3-2-7(6)5-9-8/h4,7-8H,2-3,5H2,1H3. The van der Waals surface area contributed by atoms with Gasteiger partial charge in [-0.2, -0.15) is 0 Å². The SMILES string of the molecule is CC1=CC2CCC1CO2. The molecule has 2 aliphatic heterocycles. The maximum Gasteiger partial charge on any atom is 0.0758 e. The second kappa shape index (κ2) is 1.84. The molecular weight excluding hydrogens is 112 g/mol. The van der Waals surface area contributed by atoms with Crippen molar-refractivity contribution in [2.24, 2.45) is 5.92 Å². The van der Waals surface area contributed by atoms with Gasteiger partial charge in [0.1, 0.15) is 0 Å². The molecule has 0 aromatic carbocycles. The predicted molar refractivity (Wildman–Crippen MR) is 36.2 cm³/mol. The molecule has 9 heavy (non-hydrogen) atoms. The van der Waals surface area contributed by atoms with Gasteiger partial charge < -0.3 is 4.74 Å². The minimum atomic E-state index is 0.468. The average Bonchev–Trinajstić information content (AvgIpc) is 1.90. The van der Waals surface area contributed by atoms with Gasteiger partial charge in [-0.05, 0) is 19.8 Å². The van der Waals surface area contributed by atoms with E-state index in [4.69, 9.17) is 4.74 Å². The van der Waals surface area contributed by atoms with Gasteiger partial charge >= 0.3 is 0 Å². The van der Waals surface area contributed by atoms with Crippen LogP contribution in [-0.4, -0.2) is 12.7 Å². The first-order valence-electron chi connectivity index (χ1n) is 3.66. The molecule has 0 aromatic rings. The Labute approximate surface area is 55.7 Å². The first-order valence-corrected chi connectivity index (χ1v) is 3.66. The molecule has 0 radical (unpaired) electrons. The molecule has 1 nitrogen and oxygen atoms in total. The fourth-order valence-electron chi connectivity index (χ4n) is 1.69. The smallest absolute Gasteiger partial charge is 0.0758 e. The largest absolute Gasteiger partial charge is 0.374 e. The lowest BCUT2D eigenvalue weighted by atomic mass is 9.85. The van der Waals surface area contributed by atoms with Gasteiger partial charge in [-0.1, -0.05) is 11.6 Å². The zero-order chi connectivity index (χ0) is 6.27. The van der Waals surface area contributed by atoms with Crippen LogP contribution in [0.3, 0.4) is 0 Å². The lowest BCUT2D eigenvalue weighted by Crippen LogP contribution is -2.30. The summed E-state index contributed by atoms with van der Waals surface area (Å²) < 4.78 is 5.47. The van der Waals surface area contributed by atoms with Crippen LogP contribution < -0.4 is 0 Å². The molecule has 2 unspecified atom stereocenters. The van der Waals surface area contributed by atoms with Crippen molar-refractivity contribution in [3.63, 3.8) is 0 Å². The molecule has 0 saturated carbocycles. The summed E-state index contributed by atoms with van der Waals surface area (Å²) in [7, 11) is 0. The second-order valence-corrected chi connectivity index (χ2v) is 3.06. The summed E-state index contributed by atoms with van der Waals surface area (Å²) in [6.07, 6.45) is 5.35. The second-order valence-electron chi connectivity index (χ2n) is 3.06. The van der Waals surface area contributed by atoms with E-state index < -0.39 is 0 Å². The quantitative estimate of drug-likeness (QED) is 0.447. The number of hydrogen-bond donors (Lipinski definition) is 0. The van der Waals surface area contributed by atoms with E-state index in [1.165, 1.54) is 12.8 Å². The van der Waals surface area contributed by atoms with Crippen LogP contribution in [0.2, 0.25) is 0 Å². The van der Waals surface area contributed by atoms with Crippen LogP contribution in [0.4, 0.5) is 0 Å². The molecule has 2 heterocycles. The molecule has 3 aliphatic rings. The van der Waals surface area contributed by atoms with Gasteiger partial charge in [0.25, 0.3) is 0 Å². The Morgan fingerprint density at radius 3 is 2.67 bits per heavy atom. The van der Waals surface area contributed by atoms with Crippen molar-refractivity contribution in [1.82, 2.24) is 0 Å². The van der Waals surface area contributed by atoms with Crippen LogP contribution in [0.1, 0.15) is 19.8 Å². The van der Waals surface area contributed by atoms with E-state index in [1.54, 1.807) is 5.57 Å². The van der Waals surface area contributed by atoms with Crippen molar-refractivity contribution in [3.8, 4) is 0 Å². The molecule has 0 spiro atoms. The summed E-state index contributed by atoms with van der Waals surface area (Å²) in [5.74, 6) is 0.759. The van der Waals surface area contributed by atoms with E-state index in [2.05, 4.69) is 13.0 Å². The van der Waals surface area contributed by atoms with Crippen molar-refractivity contribution >= 4 is 0 Å². The number of hydrogen-bond acceptors (Lipinski definition) is 1. The predicted octanol–water partition coefficient (Wildman–Crippen LogP) is 1.74. The van der Waals surface area contributed by atoms with Crippen LogP contribution in [0.5, 0.6) is 0 Å². The zero-order valence-electron chi connectivity index (χ0n) is 5.76. The molecular formula is C8H12O. The first-order chi connectivity index (χ1) is 4.36. The summed E-state index contributed by atoms with van der Waals surface area (Å²) >= 11 is 0. The first kappa shape index (κ1) is 5.48. The van der Waals surface area contributed by atoms with Crippen LogP contribution in [-0.2, 0) is 4.74 Å².